The maximum absolute atomic E-state index is 14.1. The molecule has 3 N–H and O–H groups in total. The number of hydrogen-bond donors (Lipinski definition) is 3. The van der Waals surface area contributed by atoms with Crippen LogP contribution in [-0.4, -0.2) is 99.2 Å². The summed E-state index contributed by atoms with van der Waals surface area (Å²) in [5.41, 5.74) is 1.88. The van der Waals surface area contributed by atoms with Crippen molar-refractivity contribution in [1.82, 2.24) is 24.4 Å². The first-order valence-electron chi connectivity index (χ1n) is 16.9. The number of aromatic hydroxyl groups is 1. The fourth-order valence-electron chi connectivity index (χ4n) is 6.06. The van der Waals surface area contributed by atoms with Gasteiger partial charge in [-0.05, 0) is 72.2 Å². The average molecular weight is 722 g/mol. The Morgan fingerprint density at radius 3 is 2.27 bits per heavy atom. The molecule has 51 heavy (non-hydrogen) atoms. The van der Waals surface area contributed by atoms with E-state index >= 15 is 0 Å². The second-order valence-electron chi connectivity index (χ2n) is 13.7. The number of sulfonamides is 1. The summed E-state index contributed by atoms with van der Waals surface area (Å²) in [7, 11) is -4.13. The van der Waals surface area contributed by atoms with E-state index in [9.17, 15) is 37.8 Å². The molecule has 3 aromatic rings. The molecule has 0 spiro atoms. The molecule has 0 saturated carbocycles. The van der Waals surface area contributed by atoms with Crippen LogP contribution in [0.25, 0.3) is 0 Å². The Balaban J connectivity index is 1.60. The van der Waals surface area contributed by atoms with E-state index in [-0.39, 0.29) is 60.6 Å². The van der Waals surface area contributed by atoms with Crippen molar-refractivity contribution in [2.45, 2.75) is 77.6 Å². The van der Waals surface area contributed by atoms with E-state index in [2.05, 4.69) is 10.3 Å². The van der Waals surface area contributed by atoms with Gasteiger partial charge in [-0.1, -0.05) is 58.0 Å². The highest BCUT2D eigenvalue weighted by Crippen LogP contribution is 2.25. The molecule has 4 rings (SSSR count). The minimum Gasteiger partial charge on any atom is -0.508 e. The minimum atomic E-state index is -4.13. The number of pyridine rings is 1. The summed E-state index contributed by atoms with van der Waals surface area (Å²) in [6.45, 7) is 9.40. The molecule has 14 heteroatoms. The summed E-state index contributed by atoms with van der Waals surface area (Å²) in [6, 6.07) is 13.4. The van der Waals surface area contributed by atoms with E-state index in [4.69, 9.17) is 0 Å². The number of urea groups is 1. The topological polar surface area (TPSA) is 178 Å². The van der Waals surface area contributed by atoms with Crippen LogP contribution in [-0.2, 0) is 32.6 Å². The molecule has 1 aromatic heterocycles. The Bertz CT molecular complexity index is 1850. The van der Waals surface area contributed by atoms with E-state index in [1.165, 1.54) is 46.6 Å². The molecule has 13 nitrogen and oxygen atoms in total. The SMILES string of the molecule is CC(=O)c1cc(CN2C(=O)CN([C@H](C(=O)N[C@@H](Cc3ccccc3)[C@@H](O)CN(CC(C)C)S(=O)(=O)c3ccc(O)c(C)c3)C(C)C)C2=O)ccn1. The molecule has 1 aliphatic heterocycles. The number of aromatic nitrogens is 1. The second-order valence-corrected chi connectivity index (χ2v) is 15.7. The van der Waals surface area contributed by atoms with Crippen LogP contribution in [0.3, 0.4) is 0 Å². The van der Waals surface area contributed by atoms with Crippen LogP contribution in [0.15, 0.2) is 71.8 Å². The van der Waals surface area contributed by atoms with Crippen LogP contribution in [0.2, 0.25) is 0 Å². The number of ketones is 1. The lowest BCUT2D eigenvalue weighted by atomic mass is 9.97. The molecule has 274 valence electrons. The molecule has 2 aromatic carbocycles. The number of hydrogen-bond acceptors (Lipinski definition) is 9. The number of phenols is 1. The number of rotatable bonds is 16. The van der Waals surface area contributed by atoms with Crippen LogP contribution in [0, 0.1) is 18.8 Å². The Hall–Kier alpha value is -4.66. The first-order chi connectivity index (χ1) is 24.0. The van der Waals surface area contributed by atoms with Gasteiger partial charge in [0, 0.05) is 26.2 Å². The molecule has 0 aliphatic carbocycles. The van der Waals surface area contributed by atoms with Gasteiger partial charge in [0.05, 0.1) is 23.6 Å². The Morgan fingerprint density at radius 1 is 0.980 bits per heavy atom. The van der Waals surface area contributed by atoms with Gasteiger partial charge in [-0.3, -0.25) is 24.3 Å². The lowest BCUT2D eigenvalue weighted by Gasteiger charge is -2.34. The zero-order chi connectivity index (χ0) is 37.6. The van der Waals surface area contributed by atoms with E-state index in [1.54, 1.807) is 26.8 Å². The van der Waals surface area contributed by atoms with E-state index in [0.29, 0.717) is 11.1 Å². The Labute approximate surface area is 299 Å². The van der Waals surface area contributed by atoms with Gasteiger partial charge in [0.1, 0.15) is 24.0 Å². The van der Waals surface area contributed by atoms with Crippen molar-refractivity contribution >= 4 is 33.7 Å². The lowest BCUT2D eigenvalue weighted by molar-refractivity contribution is -0.129. The quantitative estimate of drug-likeness (QED) is 0.148. The van der Waals surface area contributed by atoms with Crippen molar-refractivity contribution in [2.24, 2.45) is 11.8 Å². The maximum atomic E-state index is 14.1. The summed E-state index contributed by atoms with van der Waals surface area (Å²) in [4.78, 5) is 58.9. The highest BCUT2D eigenvalue weighted by molar-refractivity contribution is 7.89. The van der Waals surface area contributed by atoms with Crippen LogP contribution in [0.1, 0.15) is 61.8 Å². The number of amides is 4. The first kappa shape index (κ1) is 39.1. The van der Waals surface area contributed by atoms with Gasteiger partial charge in [-0.25, -0.2) is 13.2 Å². The van der Waals surface area contributed by atoms with Crippen molar-refractivity contribution in [3.63, 3.8) is 0 Å². The molecule has 1 aliphatic rings. The van der Waals surface area contributed by atoms with E-state index in [0.717, 1.165) is 10.5 Å². The van der Waals surface area contributed by atoms with Crippen molar-refractivity contribution in [3.05, 3.63) is 89.2 Å². The van der Waals surface area contributed by atoms with Gasteiger partial charge in [0.25, 0.3) is 5.91 Å². The number of phenolic OH excluding ortho intramolecular Hbond substituents is 1. The summed E-state index contributed by atoms with van der Waals surface area (Å²) in [6.07, 6.45) is 0.186. The Kier molecular flexibility index (Phi) is 12.7. The highest BCUT2D eigenvalue weighted by Gasteiger charge is 2.44. The molecular formula is C37H47N5O8S. The number of nitrogens with one attached hydrogen (secondary N) is 1. The van der Waals surface area contributed by atoms with Crippen LogP contribution in [0.5, 0.6) is 5.75 Å². The minimum absolute atomic E-state index is 0.0415. The van der Waals surface area contributed by atoms with E-state index in [1.807, 2.05) is 44.2 Å². The monoisotopic (exact) mass is 721 g/mol. The molecule has 4 amide bonds. The van der Waals surface area contributed by atoms with Crippen LogP contribution < -0.4 is 5.32 Å². The molecule has 1 fully saturated rings. The summed E-state index contributed by atoms with van der Waals surface area (Å²) in [5.74, 6) is -1.99. The first-order valence-corrected chi connectivity index (χ1v) is 18.3. The number of aliphatic hydroxyl groups is 1. The van der Waals surface area contributed by atoms with Crippen molar-refractivity contribution in [3.8, 4) is 5.75 Å². The average Bonchev–Trinajstić information content (AvgIpc) is 3.33. The van der Waals surface area contributed by atoms with E-state index < -0.39 is 52.0 Å². The summed E-state index contributed by atoms with van der Waals surface area (Å²) < 4.78 is 28.9. The highest BCUT2D eigenvalue weighted by atomic mass is 32.2. The third-order valence-corrected chi connectivity index (χ3v) is 10.5. The number of nitrogens with zero attached hydrogens (tertiary/aromatic N) is 4. The normalized spacial score (nSPS) is 15.5. The van der Waals surface area contributed by atoms with Gasteiger partial charge in [0.2, 0.25) is 15.9 Å². The molecule has 3 atom stereocenters. The number of aliphatic hydroxyl groups excluding tert-OH is 1. The van der Waals surface area contributed by atoms with Gasteiger partial charge < -0.3 is 20.4 Å². The summed E-state index contributed by atoms with van der Waals surface area (Å²) >= 11 is 0. The van der Waals surface area contributed by atoms with Gasteiger partial charge in [-0.2, -0.15) is 4.31 Å². The van der Waals surface area contributed by atoms with Crippen molar-refractivity contribution < 1.29 is 37.8 Å². The third kappa shape index (κ3) is 9.57. The maximum Gasteiger partial charge on any atom is 0.328 e. The molecular weight excluding hydrogens is 675 g/mol. The molecule has 0 unspecified atom stereocenters. The predicted molar refractivity (Wildman–Crippen MR) is 190 cm³/mol. The number of Topliss-reactive ketones (excluding diaryl/α,β-unsaturated/α-hetero) is 1. The fraction of sp³-hybridized carbons (Fsp3) is 0.432. The molecule has 2 heterocycles. The third-order valence-electron chi connectivity index (χ3n) is 8.70. The zero-order valence-electron chi connectivity index (χ0n) is 29.8. The van der Waals surface area contributed by atoms with Crippen molar-refractivity contribution in [2.75, 3.05) is 19.6 Å². The fourth-order valence-corrected chi connectivity index (χ4v) is 7.76. The van der Waals surface area contributed by atoms with Gasteiger partial charge in [-0.15, -0.1) is 0 Å². The van der Waals surface area contributed by atoms with Crippen LogP contribution in [0.4, 0.5) is 4.79 Å². The smallest absolute Gasteiger partial charge is 0.328 e. The van der Waals surface area contributed by atoms with Crippen LogP contribution >= 0.6 is 0 Å². The number of aryl methyl sites for hydroxylation is 1. The number of carbonyl (C=O) groups is 4. The second kappa shape index (κ2) is 16.6. The molecule has 1 saturated heterocycles. The lowest BCUT2D eigenvalue weighted by Crippen LogP contribution is -2.57. The largest absolute Gasteiger partial charge is 0.508 e. The van der Waals surface area contributed by atoms with Gasteiger partial charge >= 0.3 is 6.03 Å². The van der Waals surface area contributed by atoms with Gasteiger partial charge in [0.15, 0.2) is 5.78 Å². The number of benzene rings is 2. The Morgan fingerprint density at radius 2 is 1.67 bits per heavy atom. The predicted octanol–water partition coefficient (Wildman–Crippen LogP) is 3.52. The number of carbonyl (C=O) groups excluding carboxylic acids is 4. The standard InChI is InChI=1S/C37H47N5O8S/c1-23(2)19-40(51(49,50)29-12-13-32(44)25(5)16-29)21-33(45)31(17-27-10-8-7-9-11-27)39-36(47)35(24(3)4)42-22-34(46)41(37(42)48)20-28-14-15-38-30(18-28)26(6)43/h7-16,18,23-24,31,33,35,44-45H,17,19-22H2,1-6H3,(H,39,47)/t31-,33-,35-/m0/s1. The molecule has 0 radical (unpaired) electrons. The number of imide groups is 1. The van der Waals surface area contributed by atoms with Crippen molar-refractivity contribution in [1.29, 1.82) is 0 Å². The zero-order valence-corrected chi connectivity index (χ0v) is 30.6. The summed E-state index contributed by atoms with van der Waals surface area (Å²) in [5, 5.41) is 24.6. The molecule has 0 bridgehead atoms.